The second-order valence-corrected chi connectivity index (χ2v) is 9.54. The van der Waals surface area contributed by atoms with Crippen molar-refractivity contribution in [1.29, 1.82) is 0 Å². The zero-order valence-corrected chi connectivity index (χ0v) is 21.5. The first-order chi connectivity index (χ1) is 17.1. The predicted molar refractivity (Wildman–Crippen MR) is 138 cm³/mol. The van der Waals surface area contributed by atoms with Crippen LogP contribution in [0.2, 0.25) is 0 Å². The second kappa shape index (κ2) is 14.1. The van der Waals surface area contributed by atoms with Gasteiger partial charge in [-0.25, -0.2) is 9.59 Å². The molecule has 9 nitrogen and oxygen atoms in total. The molecule has 3 atom stereocenters. The van der Waals surface area contributed by atoms with E-state index in [0.717, 1.165) is 11.1 Å². The fraction of sp³-hybridized carbons (Fsp3) is 0.385. The molecule has 0 fully saturated rings. The molecule has 0 heterocycles. The van der Waals surface area contributed by atoms with Crippen LogP contribution >= 0.6 is 11.8 Å². The summed E-state index contributed by atoms with van der Waals surface area (Å²) < 4.78 is 5.30. The first kappa shape index (κ1) is 28.7. The summed E-state index contributed by atoms with van der Waals surface area (Å²) in [6.45, 7) is 3.03. The van der Waals surface area contributed by atoms with Gasteiger partial charge in [0.1, 0.15) is 24.2 Å². The van der Waals surface area contributed by atoms with E-state index in [9.17, 15) is 24.3 Å². The molecule has 0 bridgehead atoms. The molecule has 10 heteroatoms. The van der Waals surface area contributed by atoms with E-state index in [1.807, 2.05) is 66.9 Å². The molecule has 0 saturated carbocycles. The van der Waals surface area contributed by atoms with Crippen LogP contribution in [0, 0.1) is 0 Å². The smallest absolute Gasteiger partial charge is 0.408 e. The number of hydrogen-bond donors (Lipinski definition) is 4. The lowest BCUT2D eigenvalue weighted by molar-refractivity contribution is -0.142. The SMILES string of the molecule is CSCC[C@H](NC(=O)[C@H](C)NC(=O)[C@@](C)(Cc1ccccc1)NC(=O)OCc1ccccc1)C(=O)O. The van der Waals surface area contributed by atoms with E-state index in [0.29, 0.717) is 5.75 Å². The Labute approximate surface area is 215 Å². The minimum atomic E-state index is -1.45. The summed E-state index contributed by atoms with van der Waals surface area (Å²) in [6, 6.07) is 16.1. The summed E-state index contributed by atoms with van der Waals surface area (Å²) in [7, 11) is 0. The number of carbonyl (C=O) groups is 4. The van der Waals surface area contributed by atoms with Crippen molar-refractivity contribution in [3.63, 3.8) is 0 Å². The van der Waals surface area contributed by atoms with Crippen LogP contribution in [0.15, 0.2) is 60.7 Å². The molecule has 0 aliphatic carbocycles. The van der Waals surface area contributed by atoms with Gasteiger partial charge in [-0.3, -0.25) is 9.59 Å². The standard InChI is InChI=1S/C26H33N3O6S/c1-18(22(30)28-21(23(31)32)14-15-36-3)27-24(33)26(2,16-19-10-6-4-7-11-19)29-25(34)35-17-20-12-8-5-9-13-20/h4-13,18,21H,14-17H2,1-3H3,(H,27,33)(H,28,30)(H,29,34)(H,31,32)/t18-,21-,26+/m0/s1. The van der Waals surface area contributed by atoms with Crippen molar-refractivity contribution in [3.8, 4) is 0 Å². The maximum atomic E-state index is 13.3. The number of thioether (sulfide) groups is 1. The van der Waals surface area contributed by atoms with Gasteiger partial charge in [0.15, 0.2) is 0 Å². The van der Waals surface area contributed by atoms with Crippen LogP contribution in [-0.2, 0) is 32.1 Å². The highest BCUT2D eigenvalue weighted by Gasteiger charge is 2.37. The second-order valence-electron chi connectivity index (χ2n) is 8.56. The van der Waals surface area contributed by atoms with Crippen LogP contribution in [0.4, 0.5) is 4.79 Å². The fourth-order valence-corrected chi connectivity index (χ4v) is 3.85. The Morgan fingerprint density at radius 2 is 1.56 bits per heavy atom. The Kier molecular flexibility index (Phi) is 11.3. The number of carboxylic acids is 1. The molecule has 0 aromatic heterocycles. The third kappa shape index (κ3) is 9.26. The number of aliphatic carboxylic acids is 1. The Bertz CT molecular complexity index is 1020. The minimum absolute atomic E-state index is 0.0289. The van der Waals surface area contributed by atoms with Crippen molar-refractivity contribution >= 4 is 35.6 Å². The van der Waals surface area contributed by atoms with Crippen LogP contribution < -0.4 is 16.0 Å². The van der Waals surface area contributed by atoms with Gasteiger partial charge in [0.25, 0.3) is 0 Å². The number of nitrogens with one attached hydrogen (secondary N) is 3. The van der Waals surface area contributed by atoms with Gasteiger partial charge in [0, 0.05) is 6.42 Å². The average molecular weight is 516 g/mol. The maximum absolute atomic E-state index is 13.3. The molecule has 2 aromatic carbocycles. The number of benzene rings is 2. The van der Waals surface area contributed by atoms with Crippen molar-refractivity contribution < 1.29 is 29.0 Å². The molecule has 194 valence electrons. The van der Waals surface area contributed by atoms with Gasteiger partial charge in [-0.05, 0) is 43.4 Å². The number of ether oxygens (including phenoxy) is 1. The molecule has 0 unspecified atom stereocenters. The molecule has 3 amide bonds. The third-order valence-corrected chi connectivity index (χ3v) is 6.10. The van der Waals surface area contributed by atoms with E-state index in [4.69, 9.17) is 4.74 Å². The summed E-state index contributed by atoms with van der Waals surface area (Å²) in [6.07, 6.45) is 1.45. The Morgan fingerprint density at radius 1 is 0.972 bits per heavy atom. The zero-order chi connectivity index (χ0) is 26.6. The topological polar surface area (TPSA) is 134 Å². The predicted octanol–water partition coefficient (Wildman–Crippen LogP) is 2.74. The van der Waals surface area contributed by atoms with E-state index in [1.165, 1.54) is 18.7 Å². The van der Waals surface area contributed by atoms with E-state index in [1.54, 1.807) is 6.92 Å². The number of carbonyl (C=O) groups excluding carboxylic acids is 3. The average Bonchev–Trinajstić information content (AvgIpc) is 2.86. The molecule has 2 aromatic rings. The minimum Gasteiger partial charge on any atom is -0.480 e. The summed E-state index contributed by atoms with van der Waals surface area (Å²) in [4.78, 5) is 50.0. The van der Waals surface area contributed by atoms with Crippen molar-refractivity contribution in [2.75, 3.05) is 12.0 Å². The molecule has 0 radical (unpaired) electrons. The van der Waals surface area contributed by atoms with Gasteiger partial charge in [0.2, 0.25) is 11.8 Å². The lowest BCUT2D eigenvalue weighted by Crippen LogP contribution is -2.61. The van der Waals surface area contributed by atoms with E-state index < -0.39 is 41.5 Å². The van der Waals surface area contributed by atoms with E-state index in [-0.39, 0.29) is 19.4 Å². The van der Waals surface area contributed by atoms with Gasteiger partial charge >= 0.3 is 12.1 Å². The summed E-state index contributed by atoms with van der Waals surface area (Å²) >= 11 is 1.47. The monoisotopic (exact) mass is 515 g/mol. The van der Waals surface area contributed by atoms with Crippen LogP contribution in [0.1, 0.15) is 31.4 Å². The van der Waals surface area contributed by atoms with Crippen molar-refractivity contribution in [2.45, 2.75) is 50.9 Å². The first-order valence-electron chi connectivity index (χ1n) is 11.5. The molecule has 0 aliphatic heterocycles. The van der Waals surface area contributed by atoms with E-state index in [2.05, 4.69) is 16.0 Å². The zero-order valence-electron chi connectivity index (χ0n) is 20.7. The van der Waals surface area contributed by atoms with Crippen LogP contribution in [0.25, 0.3) is 0 Å². The number of carboxylic acid groups (broad SMARTS) is 1. The number of amides is 3. The Morgan fingerprint density at radius 3 is 2.11 bits per heavy atom. The number of hydrogen-bond acceptors (Lipinski definition) is 6. The molecular weight excluding hydrogens is 482 g/mol. The molecule has 0 spiro atoms. The molecule has 0 aliphatic rings. The largest absolute Gasteiger partial charge is 0.480 e. The molecule has 4 N–H and O–H groups in total. The van der Waals surface area contributed by atoms with Crippen LogP contribution in [0.5, 0.6) is 0 Å². The van der Waals surface area contributed by atoms with Gasteiger partial charge in [-0.15, -0.1) is 0 Å². The van der Waals surface area contributed by atoms with Gasteiger partial charge < -0.3 is 25.8 Å². The molecular formula is C26H33N3O6S. The summed E-state index contributed by atoms with van der Waals surface area (Å²) in [5, 5.41) is 17.1. The Hall–Kier alpha value is -3.53. The van der Waals surface area contributed by atoms with Crippen molar-refractivity contribution in [2.24, 2.45) is 0 Å². The van der Waals surface area contributed by atoms with Crippen LogP contribution in [0.3, 0.4) is 0 Å². The summed E-state index contributed by atoms with van der Waals surface area (Å²) in [5.74, 6) is -1.83. The van der Waals surface area contributed by atoms with Gasteiger partial charge in [0.05, 0.1) is 0 Å². The third-order valence-electron chi connectivity index (χ3n) is 5.46. The summed E-state index contributed by atoms with van der Waals surface area (Å²) in [5.41, 5.74) is 0.134. The van der Waals surface area contributed by atoms with Crippen LogP contribution in [-0.4, -0.2) is 58.6 Å². The van der Waals surface area contributed by atoms with Crippen molar-refractivity contribution in [1.82, 2.24) is 16.0 Å². The maximum Gasteiger partial charge on any atom is 0.408 e. The lowest BCUT2D eigenvalue weighted by Gasteiger charge is -2.31. The van der Waals surface area contributed by atoms with Gasteiger partial charge in [-0.1, -0.05) is 60.7 Å². The first-order valence-corrected chi connectivity index (χ1v) is 12.9. The quantitative estimate of drug-likeness (QED) is 0.322. The lowest BCUT2D eigenvalue weighted by atomic mass is 9.91. The van der Waals surface area contributed by atoms with E-state index >= 15 is 0 Å². The highest BCUT2D eigenvalue weighted by molar-refractivity contribution is 7.98. The van der Waals surface area contributed by atoms with Gasteiger partial charge in [-0.2, -0.15) is 11.8 Å². The fourth-order valence-electron chi connectivity index (χ4n) is 3.38. The van der Waals surface area contributed by atoms with Crippen molar-refractivity contribution in [3.05, 3.63) is 71.8 Å². The highest BCUT2D eigenvalue weighted by Crippen LogP contribution is 2.15. The normalized spacial score (nSPS) is 14.0. The molecule has 0 saturated heterocycles. The molecule has 2 rings (SSSR count). The number of alkyl carbamates (subject to hydrolysis) is 1. The highest BCUT2D eigenvalue weighted by atomic mass is 32.2. The molecule has 36 heavy (non-hydrogen) atoms. The number of rotatable bonds is 13. The Balaban J connectivity index is 2.10.